The highest BCUT2D eigenvalue weighted by Crippen LogP contribution is 2.46. The topological polar surface area (TPSA) is 282 Å². The number of carbonyl (C=O) groups excluding carboxylic acids is 9. The number of nitrogens with zero attached hydrogens (tertiary/aromatic N) is 3. The number of ether oxygens (including phenoxy) is 2. The van der Waals surface area contributed by atoms with Crippen LogP contribution in [0.5, 0.6) is 0 Å². The minimum Gasteiger partial charge on any atom is -0.460 e. The normalized spacial score (nSPS) is 18.7. The number of rotatable bonds is 23. The molecule has 0 radical (unpaired) electrons. The van der Waals surface area contributed by atoms with E-state index in [1.165, 1.54) is 11.0 Å². The molecule has 1 unspecified atom stereocenters. The number of fused-ring (bicyclic) bond motifs is 5. The number of hydrogen-bond acceptors (Lipinski definition) is 13. The fourth-order valence-corrected chi connectivity index (χ4v) is 11.0. The minimum atomic E-state index is -1.15. The van der Waals surface area contributed by atoms with Gasteiger partial charge in [-0.15, -0.1) is 0 Å². The maximum atomic E-state index is 15.5. The van der Waals surface area contributed by atoms with Crippen LogP contribution in [-0.4, -0.2) is 113 Å². The number of hydrogen-bond donors (Lipinski definition) is 6. The lowest BCUT2D eigenvalue weighted by atomic mass is 9.81. The Labute approximate surface area is 448 Å². The largest absolute Gasteiger partial charge is 0.460 e. The van der Waals surface area contributed by atoms with Crippen LogP contribution in [0.1, 0.15) is 123 Å². The molecule has 5 heterocycles. The van der Waals surface area contributed by atoms with Crippen molar-refractivity contribution in [3.8, 4) is 11.4 Å². The highest BCUT2D eigenvalue weighted by molar-refractivity contribution is 6.03. The number of carbonyl (C=O) groups is 9. The second-order valence-corrected chi connectivity index (χ2v) is 20.8. The van der Waals surface area contributed by atoms with E-state index in [-0.39, 0.29) is 74.3 Å². The lowest BCUT2D eigenvalue weighted by Crippen LogP contribution is -2.52. The molecule has 0 bridgehead atoms. The first-order chi connectivity index (χ1) is 37.5. The van der Waals surface area contributed by atoms with Gasteiger partial charge in [0, 0.05) is 48.7 Å². The van der Waals surface area contributed by atoms with E-state index in [1.807, 2.05) is 13.0 Å². The average molecular weight is 1070 g/mol. The number of aryl methyl sites for hydroxylation is 1. The zero-order valence-corrected chi connectivity index (χ0v) is 43.9. The molecule has 5 aliphatic rings. The van der Waals surface area contributed by atoms with Crippen LogP contribution in [-0.2, 0) is 78.6 Å². The maximum Gasteiger partial charge on any atom is 0.313 e. The number of benzene rings is 2. The third-order valence-electron chi connectivity index (χ3n) is 15.4. The fourth-order valence-electron chi connectivity index (χ4n) is 11.0. The maximum absolute atomic E-state index is 15.5. The Hall–Kier alpha value is -7.88. The summed E-state index contributed by atoms with van der Waals surface area (Å²) in [6.07, 6.45) is 3.79. The van der Waals surface area contributed by atoms with Gasteiger partial charge in [0.05, 0.1) is 60.6 Å². The molecule has 412 valence electrons. The third kappa shape index (κ3) is 12.0. The molecule has 3 aliphatic heterocycles. The lowest BCUT2D eigenvalue weighted by molar-refractivity contribution is -0.148. The Bertz CT molecular complexity index is 3160. The summed E-state index contributed by atoms with van der Waals surface area (Å²) in [6, 6.07) is 10.3. The van der Waals surface area contributed by atoms with Crippen LogP contribution in [0.2, 0.25) is 0 Å². The number of unbranched alkanes of at least 4 members (excludes halogenated alkanes) is 2. The molecule has 21 nitrogen and oxygen atoms in total. The van der Waals surface area contributed by atoms with Crippen LogP contribution in [0.4, 0.5) is 4.39 Å². The molecule has 22 heteroatoms. The van der Waals surface area contributed by atoms with Crippen molar-refractivity contribution < 1.29 is 57.0 Å². The number of imide groups is 1. The van der Waals surface area contributed by atoms with E-state index in [9.17, 15) is 47.9 Å². The molecule has 2 fully saturated rings. The Kier molecular flexibility index (Phi) is 16.7. The zero-order chi connectivity index (χ0) is 55.4. The van der Waals surface area contributed by atoms with E-state index in [0.29, 0.717) is 97.1 Å². The van der Waals surface area contributed by atoms with Gasteiger partial charge in [-0.1, -0.05) is 50.6 Å². The van der Waals surface area contributed by atoms with Crippen molar-refractivity contribution in [1.29, 1.82) is 0 Å². The molecule has 2 aromatic heterocycles. The second-order valence-electron chi connectivity index (χ2n) is 20.8. The van der Waals surface area contributed by atoms with Crippen LogP contribution in [0.3, 0.4) is 0 Å². The monoisotopic (exact) mass is 1070 g/mol. The van der Waals surface area contributed by atoms with Gasteiger partial charge in [-0.2, -0.15) is 0 Å². The van der Waals surface area contributed by atoms with Gasteiger partial charge < -0.3 is 45.9 Å². The van der Waals surface area contributed by atoms with Crippen molar-refractivity contribution in [2.75, 3.05) is 32.9 Å². The van der Waals surface area contributed by atoms with Gasteiger partial charge in [0.15, 0.2) is 0 Å². The van der Waals surface area contributed by atoms with Crippen LogP contribution < -0.4 is 37.5 Å². The predicted octanol–water partition coefficient (Wildman–Crippen LogP) is 2.43. The van der Waals surface area contributed by atoms with E-state index in [1.54, 1.807) is 48.7 Å². The van der Waals surface area contributed by atoms with Gasteiger partial charge in [0.2, 0.25) is 47.3 Å². The minimum absolute atomic E-state index is 0.0519. The molecule has 1 saturated heterocycles. The van der Waals surface area contributed by atoms with E-state index >= 15 is 4.39 Å². The summed E-state index contributed by atoms with van der Waals surface area (Å²) in [5.41, 5.74) is 5.50. The number of pyridine rings is 2. The molecule has 8 amide bonds. The van der Waals surface area contributed by atoms with Crippen LogP contribution in [0, 0.1) is 24.6 Å². The highest BCUT2D eigenvalue weighted by atomic mass is 19.1. The van der Waals surface area contributed by atoms with Crippen LogP contribution in [0.15, 0.2) is 47.3 Å². The van der Waals surface area contributed by atoms with E-state index in [0.717, 1.165) is 22.1 Å². The molecule has 4 aromatic rings. The summed E-state index contributed by atoms with van der Waals surface area (Å²) in [7, 11) is 0. The Morgan fingerprint density at radius 3 is 2.31 bits per heavy atom. The molecule has 6 N–H and O–H groups in total. The first-order valence-electron chi connectivity index (χ1n) is 26.8. The van der Waals surface area contributed by atoms with Gasteiger partial charge in [0.1, 0.15) is 31.3 Å². The van der Waals surface area contributed by atoms with Crippen molar-refractivity contribution >= 4 is 64.1 Å². The van der Waals surface area contributed by atoms with E-state index in [4.69, 9.17) is 14.5 Å². The molecule has 2 aromatic carbocycles. The van der Waals surface area contributed by atoms with Crippen molar-refractivity contribution in [2.45, 2.75) is 129 Å². The summed E-state index contributed by atoms with van der Waals surface area (Å²) in [5, 5.41) is 16.6. The van der Waals surface area contributed by atoms with Crippen molar-refractivity contribution in [1.82, 2.24) is 46.4 Å². The molecular formula is C56H64FN9O12. The lowest BCUT2D eigenvalue weighted by Gasteiger charge is -2.31. The summed E-state index contributed by atoms with van der Waals surface area (Å²) in [5.74, 6) is -5.71. The zero-order valence-electron chi connectivity index (χ0n) is 43.9. The van der Waals surface area contributed by atoms with Crippen LogP contribution in [0.25, 0.3) is 22.3 Å². The van der Waals surface area contributed by atoms with Crippen molar-refractivity contribution in [3.05, 3.63) is 97.6 Å². The third-order valence-corrected chi connectivity index (χ3v) is 15.4. The van der Waals surface area contributed by atoms with Gasteiger partial charge in [-0.05, 0) is 91.7 Å². The smallest absolute Gasteiger partial charge is 0.313 e. The van der Waals surface area contributed by atoms with Gasteiger partial charge in [-0.3, -0.25) is 52.8 Å². The first-order valence-corrected chi connectivity index (χ1v) is 26.8. The molecule has 9 rings (SSSR count). The fraction of sp³-hybridized carbons (Fsp3) is 0.482. The number of esters is 1. The van der Waals surface area contributed by atoms with E-state index in [2.05, 4.69) is 31.9 Å². The number of halogens is 1. The van der Waals surface area contributed by atoms with Gasteiger partial charge in [-0.25, -0.2) is 9.37 Å². The average Bonchev–Trinajstić information content (AvgIpc) is 4.34. The summed E-state index contributed by atoms with van der Waals surface area (Å²) in [6.45, 7) is 3.82. The van der Waals surface area contributed by atoms with E-state index < -0.39 is 85.1 Å². The number of nitrogens with one attached hydrogen (secondary N) is 6. The Morgan fingerprint density at radius 2 is 1.58 bits per heavy atom. The number of amides is 8. The predicted molar refractivity (Wildman–Crippen MR) is 278 cm³/mol. The van der Waals surface area contributed by atoms with Crippen LogP contribution >= 0.6 is 0 Å². The summed E-state index contributed by atoms with van der Waals surface area (Å²) in [4.78, 5) is 136. The highest BCUT2D eigenvalue weighted by Gasteiger charge is 2.42. The second kappa shape index (κ2) is 23.8. The number of cyclic esters (lactones) is 1. The van der Waals surface area contributed by atoms with Crippen molar-refractivity contribution in [3.63, 3.8) is 0 Å². The molecule has 0 spiro atoms. The quantitative estimate of drug-likeness (QED) is 0.0238. The molecule has 5 atom stereocenters. The Balaban J connectivity index is 0.765. The molecule has 78 heavy (non-hydrogen) atoms. The summed E-state index contributed by atoms with van der Waals surface area (Å²) >= 11 is 0. The molecular weight excluding hydrogens is 1010 g/mol. The van der Waals surface area contributed by atoms with Crippen molar-refractivity contribution in [2.24, 2.45) is 11.8 Å². The standard InChI is InChI=1S/C56H64FN9O12/c1-4-33-35-21-42-50-36(26-66(42)55(75)37(35)27-77-56(33)76)49-39(17-16-34-30(3)38(57)22-40(63-50)48(34)49)64-53(73)51(32-14-15-32)78-28-61-45(69)24-60-52(72)41(20-31-11-7-5-8-12-31)62-46(70)25-59-44(68)23-58-43(67)13-9-6-10-18-65-47(71)19-29(2)54(65)74/h5,7-8,11-12,21-22,29,32-33,39,41,51H,4,6,9-10,13-20,23-28H2,1-3H3,(H,58,67)(H,59,68)(H,60,72)(H,61,69)(H,62,70)(H,64,73)/t29?,33-,39+,41+,51+/m1/s1. The summed E-state index contributed by atoms with van der Waals surface area (Å²) < 4.78 is 28.5. The molecule has 1 saturated carbocycles. The van der Waals surface area contributed by atoms with Gasteiger partial charge in [0.25, 0.3) is 5.56 Å². The molecule has 2 aliphatic carbocycles. The number of aromatic nitrogens is 2. The van der Waals surface area contributed by atoms with Gasteiger partial charge >= 0.3 is 5.97 Å². The SMILES string of the molecule is CC[C@H]1C(=O)OCc2c1cc1n(c2=O)Cc2c-1nc1cc(F)c(C)c3c1c2[C@@H](NC(=O)[C@@H](OCNC(=O)CNC(=O)[C@H](Cc1ccccc1)NC(=O)CNC(=O)CNC(=O)CCCCCN1C(=O)CC(C)C1=O)C1CC1)CC3. The first kappa shape index (κ1) is 54.9. The number of likely N-dealkylation sites (tertiary alicyclic amines) is 1. The Morgan fingerprint density at radius 1 is 0.846 bits per heavy atom.